The Morgan fingerprint density at radius 3 is 2.30 bits per heavy atom. The number of halogens is 1. The Bertz CT molecular complexity index is 1180. The van der Waals surface area contributed by atoms with Crippen LogP contribution in [0.25, 0.3) is 0 Å². The van der Waals surface area contributed by atoms with Gasteiger partial charge in [-0.3, -0.25) is 14.4 Å². The van der Waals surface area contributed by atoms with Crippen LogP contribution >= 0.6 is 27.7 Å². The van der Waals surface area contributed by atoms with E-state index in [1.807, 2.05) is 36.1 Å². The number of aliphatic hydroxyl groups is 1. The maximum Gasteiger partial charge on any atom is 0.251 e. The second kappa shape index (κ2) is 14.7. The fourth-order valence-corrected chi connectivity index (χ4v) is 10.9. The van der Waals surface area contributed by atoms with Gasteiger partial charge in [0.25, 0.3) is 5.91 Å². The summed E-state index contributed by atoms with van der Waals surface area (Å²) in [6.45, 7) is 17.5. The lowest BCUT2D eigenvalue weighted by Crippen LogP contribution is -2.56. The monoisotopic (exact) mass is 674 g/mol. The molecule has 3 fully saturated rings. The summed E-state index contributed by atoms with van der Waals surface area (Å²) in [5, 5.41) is 9.40. The van der Waals surface area contributed by atoms with Gasteiger partial charge in [0.2, 0.25) is 11.8 Å². The van der Waals surface area contributed by atoms with E-state index in [9.17, 15) is 19.5 Å². The van der Waals surface area contributed by atoms with Gasteiger partial charge in [-0.2, -0.15) is 0 Å². The normalized spacial score (nSPS) is 27.2. The van der Waals surface area contributed by atoms with Crippen LogP contribution in [0.5, 0.6) is 0 Å². The number of alkyl halides is 1. The Balaban J connectivity index is 1.75. The molecule has 0 saturated carbocycles. The average Bonchev–Trinajstić information content (AvgIpc) is 3.59. The highest BCUT2D eigenvalue weighted by atomic mass is 79.9. The summed E-state index contributed by atoms with van der Waals surface area (Å²) in [4.78, 5) is 50.8. The molecule has 0 radical (unpaired) electrons. The number of carbonyl (C=O) groups excluding carboxylic acids is 3. The van der Waals surface area contributed by atoms with Crippen LogP contribution in [0.4, 0.5) is 11.4 Å². The molecule has 4 rings (SSSR count). The van der Waals surface area contributed by atoms with Crippen LogP contribution in [0.1, 0.15) is 46.5 Å². The summed E-state index contributed by atoms with van der Waals surface area (Å²) in [5.41, 5.74) is 1.84. The number of hydrogen-bond acceptors (Lipinski definition) is 6. The maximum absolute atomic E-state index is 14.8. The standard InChI is InChI=1S/C33H47BrN4O4S/c1-6-17-36(18-7-2)30(40)26-27-31(41)38(20-11-12-21-39)29(33(27)22-25(34)28(26)43-33)32(42)37(19-8-3)24-15-13-23(14-16-24)35(9-4)10-5/h6,8,13-16,25-29,39H,1,3,7,9-12,17-22H2,2,4-5H3/t25?,26-,27-,28-,29?,33?/m0/s1. The molecule has 6 atom stereocenters. The molecule has 1 N–H and O–H groups in total. The molecule has 0 aromatic heterocycles. The van der Waals surface area contributed by atoms with E-state index in [4.69, 9.17) is 0 Å². The Hall–Kier alpha value is -2.30. The van der Waals surface area contributed by atoms with Gasteiger partial charge in [-0.05, 0) is 63.8 Å². The van der Waals surface area contributed by atoms with Crippen molar-refractivity contribution in [2.75, 3.05) is 55.7 Å². The SMILES string of the molecule is C=CCN(CCC)C(=O)[C@H]1[C@H]2C(=O)N(CCCCO)C(C(=O)N(CC=C)c3ccc(N(CC)CC)cc3)C23CC(Br)[C@@H]1S3. The lowest BCUT2D eigenvalue weighted by molar-refractivity contribution is -0.143. The predicted molar refractivity (Wildman–Crippen MR) is 180 cm³/mol. The first kappa shape index (κ1) is 33.6. The number of amides is 3. The molecule has 3 aliphatic heterocycles. The van der Waals surface area contributed by atoms with E-state index in [1.54, 1.807) is 33.7 Å². The van der Waals surface area contributed by atoms with Gasteiger partial charge in [-0.15, -0.1) is 24.9 Å². The second-order valence-corrected chi connectivity index (χ2v) is 14.3. The third-order valence-corrected chi connectivity index (χ3v) is 12.4. The lowest BCUT2D eigenvalue weighted by atomic mass is 9.70. The maximum atomic E-state index is 14.8. The highest BCUT2D eigenvalue weighted by Crippen LogP contribution is 2.68. The van der Waals surface area contributed by atoms with Gasteiger partial charge in [0.1, 0.15) is 6.04 Å². The minimum atomic E-state index is -0.724. The van der Waals surface area contributed by atoms with Crippen molar-refractivity contribution in [3.8, 4) is 0 Å². The molecular formula is C33H47BrN4O4S. The zero-order valence-electron chi connectivity index (χ0n) is 25.8. The van der Waals surface area contributed by atoms with Crippen LogP contribution in [0, 0.1) is 11.8 Å². The van der Waals surface area contributed by atoms with Gasteiger partial charge < -0.3 is 24.7 Å². The molecule has 3 unspecified atom stereocenters. The van der Waals surface area contributed by atoms with Crippen molar-refractivity contribution in [2.45, 2.75) is 67.3 Å². The largest absolute Gasteiger partial charge is 0.396 e. The van der Waals surface area contributed by atoms with Crippen LogP contribution in [0.2, 0.25) is 0 Å². The quantitative estimate of drug-likeness (QED) is 0.155. The van der Waals surface area contributed by atoms with Crippen LogP contribution in [-0.4, -0.2) is 99.4 Å². The van der Waals surface area contributed by atoms with Gasteiger partial charge in [0.05, 0.1) is 16.6 Å². The predicted octanol–water partition coefficient (Wildman–Crippen LogP) is 4.71. The number of unbranched alkanes of at least 4 members (excludes halogenated alkanes) is 1. The second-order valence-electron chi connectivity index (χ2n) is 11.6. The first-order valence-electron chi connectivity index (χ1n) is 15.6. The summed E-state index contributed by atoms with van der Waals surface area (Å²) in [6, 6.07) is 7.28. The summed E-state index contributed by atoms with van der Waals surface area (Å²) >= 11 is 5.53. The number of rotatable bonds is 16. The third-order valence-electron chi connectivity index (χ3n) is 9.14. The molecule has 2 bridgehead atoms. The number of fused-ring (bicyclic) bond motifs is 1. The fraction of sp³-hybridized carbons (Fsp3) is 0.606. The minimum Gasteiger partial charge on any atom is -0.396 e. The number of thioether (sulfide) groups is 1. The summed E-state index contributed by atoms with van der Waals surface area (Å²) in [6.07, 6.45) is 6.01. The molecule has 8 nitrogen and oxygen atoms in total. The van der Waals surface area contributed by atoms with Crippen LogP contribution < -0.4 is 9.80 Å². The van der Waals surface area contributed by atoms with E-state index in [2.05, 4.69) is 47.8 Å². The number of anilines is 2. The number of hydrogen-bond donors (Lipinski definition) is 1. The molecule has 3 heterocycles. The van der Waals surface area contributed by atoms with Gasteiger partial charge in [0, 0.05) is 67.3 Å². The van der Waals surface area contributed by atoms with Crippen LogP contribution in [0.3, 0.4) is 0 Å². The summed E-state index contributed by atoms with van der Waals surface area (Å²) < 4.78 is -0.723. The Kier molecular flexibility index (Phi) is 11.4. The minimum absolute atomic E-state index is 0.0107. The van der Waals surface area contributed by atoms with Crippen molar-refractivity contribution < 1.29 is 19.5 Å². The van der Waals surface area contributed by atoms with Gasteiger partial charge >= 0.3 is 0 Å². The number of benzene rings is 1. The van der Waals surface area contributed by atoms with E-state index < -0.39 is 22.6 Å². The van der Waals surface area contributed by atoms with Crippen LogP contribution in [0.15, 0.2) is 49.6 Å². The first-order valence-corrected chi connectivity index (χ1v) is 17.4. The van der Waals surface area contributed by atoms with E-state index in [0.717, 1.165) is 30.9 Å². The van der Waals surface area contributed by atoms with Crippen molar-refractivity contribution in [2.24, 2.45) is 11.8 Å². The molecule has 236 valence electrons. The average molecular weight is 676 g/mol. The fourth-order valence-electron chi connectivity index (χ4n) is 7.29. The highest BCUT2D eigenvalue weighted by Gasteiger charge is 2.76. The lowest BCUT2D eigenvalue weighted by Gasteiger charge is -2.38. The Labute approximate surface area is 269 Å². The number of aliphatic hydroxyl groups excluding tert-OH is 1. The zero-order valence-corrected chi connectivity index (χ0v) is 28.2. The molecular weight excluding hydrogens is 628 g/mol. The smallest absolute Gasteiger partial charge is 0.251 e. The molecule has 3 aliphatic rings. The molecule has 0 aliphatic carbocycles. The van der Waals surface area contributed by atoms with Crippen molar-refractivity contribution in [1.29, 1.82) is 0 Å². The first-order chi connectivity index (χ1) is 20.7. The molecule has 3 saturated heterocycles. The van der Waals surface area contributed by atoms with Crippen molar-refractivity contribution in [3.63, 3.8) is 0 Å². The summed E-state index contributed by atoms with van der Waals surface area (Å²) in [7, 11) is 0. The van der Waals surface area contributed by atoms with Crippen molar-refractivity contribution in [1.82, 2.24) is 9.80 Å². The van der Waals surface area contributed by atoms with Gasteiger partial charge in [0.15, 0.2) is 0 Å². The topological polar surface area (TPSA) is 84.4 Å². The van der Waals surface area contributed by atoms with Crippen molar-refractivity contribution in [3.05, 3.63) is 49.6 Å². The summed E-state index contributed by atoms with van der Waals surface area (Å²) in [5.74, 6) is -1.38. The third kappa shape index (κ3) is 6.16. The van der Waals surface area contributed by atoms with E-state index >= 15 is 0 Å². The van der Waals surface area contributed by atoms with Gasteiger partial charge in [-0.25, -0.2) is 0 Å². The molecule has 1 spiro atoms. The Morgan fingerprint density at radius 1 is 1.07 bits per heavy atom. The molecule has 1 aromatic carbocycles. The molecule has 3 amide bonds. The van der Waals surface area contributed by atoms with E-state index in [-0.39, 0.29) is 34.4 Å². The molecule has 10 heteroatoms. The van der Waals surface area contributed by atoms with E-state index in [0.29, 0.717) is 45.4 Å². The van der Waals surface area contributed by atoms with Gasteiger partial charge in [-0.1, -0.05) is 35.0 Å². The van der Waals surface area contributed by atoms with Crippen LogP contribution in [-0.2, 0) is 14.4 Å². The number of nitrogens with zero attached hydrogens (tertiary/aromatic N) is 4. The molecule has 43 heavy (non-hydrogen) atoms. The zero-order chi connectivity index (χ0) is 31.3. The Morgan fingerprint density at radius 2 is 1.72 bits per heavy atom. The van der Waals surface area contributed by atoms with E-state index in [1.165, 1.54) is 0 Å². The molecule has 1 aromatic rings. The highest BCUT2D eigenvalue weighted by molar-refractivity contribution is 9.09. The number of carbonyl (C=O) groups is 3. The number of likely N-dealkylation sites (tertiary alicyclic amines) is 1. The van der Waals surface area contributed by atoms with Crippen molar-refractivity contribution >= 4 is 56.8 Å².